The van der Waals surface area contributed by atoms with Gasteiger partial charge in [0.2, 0.25) is 0 Å². The molecule has 0 saturated heterocycles. The maximum Gasteiger partial charge on any atom is 0.127 e. The molecule has 2 heterocycles. The fraction of sp³-hybridized carbons (Fsp3) is 0.308. The average Bonchev–Trinajstić information content (AvgIpc) is 2.72. The maximum atomic E-state index is 9.83. The highest BCUT2D eigenvalue weighted by molar-refractivity contribution is 7.15. The van der Waals surface area contributed by atoms with E-state index in [-0.39, 0.29) is 0 Å². The number of aromatic nitrogens is 1. The van der Waals surface area contributed by atoms with Crippen molar-refractivity contribution in [1.29, 1.82) is 0 Å². The molecule has 0 fully saturated rings. The van der Waals surface area contributed by atoms with E-state index < -0.39 is 0 Å². The number of hydrogen-bond donors (Lipinski definition) is 1. The first-order chi connectivity index (χ1) is 8.24. The number of likely N-dealkylation sites (N-methyl/N-ethyl adjacent to an activating group) is 1. The molecule has 4 heteroatoms. The predicted octanol–water partition coefficient (Wildman–Crippen LogP) is 2.50. The zero-order valence-corrected chi connectivity index (χ0v) is 10.5. The second-order valence-corrected chi connectivity index (χ2v) is 5.48. The Morgan fingerprint density at radius 2 is 2.18 bits per heavy atom. The molecule has 1 aliphatic heterocycles. The number of thiazole rings is 1. The molecule has 0 aliphatic carbocycles. The molecule has 0 atom stereocenters. The Morgan fingerprint density at radius 3 is 3.00 bits per heavy atom. The Kier molecular flexibility index (Phi) is 2.61. The van der Waals surface area contributed by atoms with E-state index in [0.717, 1.165) is 30.1 Å². The lowest BCUT2D eigenvalue weighted by Crippen LogP contribution is -2.25. The lowest BCUT2D eigenvalue weighted by Gasteiger charge is -2.20. The van der Waals surface area contributed by atoms with Crippen molar-refractivity contribution in [2.24, 2.45) is 0 Å². The van der Waals surface area contributed by atoms with Crippen molar-refractivity contribution in [2.75, 3.05) is 13.6 Å². The third-order valence-electron chi connectivity index (χ3n) is 3.06. The number of aromatic hydroxyl groups is 1. The molecule has 0 amide bonds. The van der Waals surface area contributed by atoms with E-state index in [4.69, 9.17) is 0 Å². The van der Waals surface area contributed by atoms with Gasteiger partial charge in [0.05, 0.1) is 11.3 Å². The summed E-state index contributed by atoms with van der Waals surface area (Å²) in [6.45, 7) is 2.04. The van der Waals surface area contributed by atoms with Crippen LogP contribution in [0.4, 0.5) is 0 Å². The highest BCUT2D eigenvalue weighted by Gasteiger charge is 2.19. The SMILES string of the molecule is CN1CCc2nc(-c3ccccc3O)sc2C1. The Balaban J connectivity index is 2.03. The summed E-state index contributed by atoms with van der Waals surface area (Å²) < 4.78 is 0. The molecule has 88 valence electrons. The van der Waals surface area contributed by atoms with Crippen molar-refractivity contribution in [2.45, 2.75) is 13.0 Å². The normalized spacial score (nSPS) is 15.8. The molecule has 1 N–H and O–H groups in total. The fourth-order valence-electron chi connectivity index (χ4n) is 2.09. The molecule has 0 spiro atoms. The minimum absolute atomic E-state index is 0.312. The Bertz CT molecular complexity index is 550. The second-order valence-electron chi connectivity index (χ2n) is 4.39. The molecule has 1 aromatic carbocycles. The highest BCUT2D eigenvalue weighted by Crippen LogP contribution is 2.35. The molecule has 17 heavy (non-hydrogen) atoms. The Morgan fingerprint density at radius 1 is 1.35 bits per heavy atom. The van der Waals surface area contributed by atoms with Crippen LogP contribution in [0.3, 0.4) is 0 Å². The topological polar surface area (TPSA) is 36.4 Å². The van der Waals surface area contributed by atoms with Crippen LogP contribution in [0.5, 0.6) is 5.75 Å². The Labute approximate surface area is 104 Å². The van der Waals surface area contributed by atoms with Crippen molar-refractivity contribution in [3.05, 3.63) is 34.8 Å². The number of rotatable bonds is 1. The number of phenols is 1. The van der Waals surface area contributed by atoms with Gasteiger partial charge in [0, 0.05) is 24.4 Å². The lowest BCUT2D eigenvalue weighted by molar-refractivity contribution is 0.314. The van der Waals surface area contributed by atoms with E-state index in [1.54, 1.807) is 17.4 Å². The van der Waals surface area contributed by atoms with Gasteiger partial charge in [-0.3, -0.25) is 0 Å². The summed E-state index contributed by atoms with van der Waals surface area (Å²) in [6, 6.07) is 7.40. The zero-order chi connectivity index (χ0) is 11.8. The van der Waals surface area contributed by atoms with Gasteiger partial charge < -0.3 is 10.0 Å². The van der Waals surface area contributed by atoms with Gasteiger partial charge in [-0.25, -0.2) is 4.98 Å². The molecule has 0 saturated carbocycles. The van der Waals surface area contributed by atoms with Crippen LogP contribution in [0.1, 0.15) is 10.6 Å². The van der Waals surface area contributed by atoms with E-state index in [2.05, 4.69) is 16.9 Å². The molecule has 3 nitrogen and oxygen atoms in total. The standard InChI is InChI=1S/C13H14N2OS/c1-15-7-6-10-12(8-15)17-13(14-10)9-4-2-3-5-11(9)16/h2-5,16H,6-8H2,1H3. The van der Waals surface area contributed by atoms with Gasteiger partial charge in [0.1, 0.15) is 10.8 Å². The van der Waals surface area contributed by atoms with Crippen molar-refractivity contribution < 1.29 is 5.11 Å². The largest absolute Gasteiger partial charge is 0.507 e. The first kappa shape index (κ1) is 10.7. The average molecular weight is 246 g/mol. The predicted molar refractivity (Wildman–Crippen MR) is 69.3 cm³/mol. The van der Waals surface area contributed by atoms with Crippen LogP contribution in [-0.2, 0) is 13.0 Å². The summed E-state index contributed by atoms with van der Waals surface area (Å²) in [6.07, 6.45) is 1.01. The van der Waals surface area contributed by atoms with E-state index in [1.165, 1.54) is 10.6 Å². The summed E-state index contributed by atoms with van der Waals surface area (Å²) >= 11 is 1.69. The summed E-state index contributed by atoms with van der Waals surface area (Å²) in [5.74, 6) is 0.312. The monoisotopic (exact) mass is 246 g/mol. The van der Waals surface area contributed by atoms with Gasteiger partial charge >= 0.3 is 0 Å². The molecule has 1 aliphatic rings. The highest BCUT2D eigenvalue weighted by atomic mass is 32.1. The Hall–Kier alpha value is -1.39. The van der Waals surface area contributed by atoms with Crippen LogP contribution in [0.15, 0.2) is 24.3 Å². The number of fused-ring (bicyclic) bond motifs is 1. The number of para-hydroxylation sites is 1. The van der Waals surface area contributed by atoms with Crippen molar-refractivity contribution >= 4 is 11.3 Å². The first-order valence-electron chi connectivity index (χ1n) is 5.69. The van der Waals surface area contributed by atoms with Gasteiger partial charge in [0.25, 0.3) is 0 Å². The van der Waals surface area contributed by atoms with Crippen molar-refractivity contribution in [3.8, 4) is 16.3 Å². The van der Waals surface area contributed by atoms with Crippen molar-refractivity contribution in [3.63, 3.8) is 0 Å². The molecular weight excluding hydrogens is 232 g/mol. The van der Waals surface area contributed by atoms with E-state index in [1.807, 2.05) is 18.2 Å². The van der Waals surface area contributed by atoms with Crippen LogP contribution < -0.4 is 0 Å². The minimum Gasteiger partial charge on any atom is -0.507 e. The van der Waals surface area contributed by atoms with E-state index >= 15 is 0 Å². The smallest absolute Gasteiger partial charge is 0.127 e. The van der Waals surface area contributed by atoms with Gasteiger partial charge in [-0.2, -0.15) is 0 Å². The van der Waals surface area contributed by atoms with Gasteiger partial charge in [-0.1, -0.05) is 12.1 Å². The third-order valence-corrected chi connectivity index (χ3v) is 4.17. The zero-order valence-electron chi connectivity index (χ0n) is 9.68. The summed E-state index contributed by atoms with van der Waals surface area (Å²) in [4.78, 5) is 8.28. The number of nitrogens with zero attached hydrogens (tertiary/aromatic N) is 2. The summed E-state index contributed by atoms with van der Waals surface area (Å²) in [7, 11) is 2.13. The summed E-state index contributed by atoms with van der Waals surface area (Å²) in [5, 5.41) is 10.8. The van der Waals surface area contributed by atoms with Crippen LogP contribution in [-0.4, -0.2) is 28.6 Å². The molecule has 0 bridgehead atoms. The van der Waals surface area contributed by atoms with Gasteiger partial charge in [-0.15, -0.1) is 11.3 Å². The number of benzene rings is 1. The van der Waals surface area contributed by atoms with E-state index in [9.17, 15) is 5.11 Å². The van der Waals surface area contributed by atoms with Gasteiger partial charge in [0.15, 0.2) is 0 Å². The molecular formula is C13H14N2OS. The van der Waals surface area contributed by atoms with Crippen LogP contribution in [0.25, 0.3) is 10.6 Å². The first-order valence-corrected chi connectivity index (χ1v) is 6.51. The molecule has 2 aromatic rings. The van der Waals surface area contributed by atoms with Crippen LogP contribution in [0, 0.1) is 0 Å². The molecule has 0 radical (unpaired) electrons. The maximum absolute atomic E-state index is 9.83. The molecule has 0 unspecified atom stereocenters. The quantitative estimate of drug-likeness (QED) is 0.840. The second kappa shape index (κ2) is 4.13. The number of phenolic OH excluding ortho intramolecular Hbond substituents is 1. The fourth-order valence-corrected chi connectivity index (χ4v) is 3.32. The van der Waals surface area contributed by atoms with Crippen molar-refractivity contribution in [1.82, 2.24) is 9.88 Å². The van der Waals surface area contributed by atoms with Gasteiger partial charge in [-0.05, 0) is 19.2 Å². The molecule has 3 rings (SSSR count). The van der Waals surface area contributed by atoms with Crippen LogP contribution >= 0.6 is 11.3 Å². The van der Waals surface area contributed by atoms with Crippen LogP contribution in [0.2, 0.25) is 0 Å². The summed E-state index contributed by atoms with van der Waals surface area (Å²) in [5.41, 5.74) is 2.04. The minimum atomic E-state index is 0.312. The van der Waals surface area contributed by atoms with E-state index in [0.29, 0.717) is 5.75 Å². The third kappa shape index (κ3) is 1.94. The number of hydrogen-bond acceptors (Lipinski definition) is 4. The molecule has 1 aromatic heterocycles. The lowest BCUT2D eigenvalue weighted by atomic mass is 10.2.